The van der Waals surface area contributed by atoms with E-state index in [0.29, 0.717) is 18.8 Å². The van der Waals surface area contributed by atoms with Crippen LogP contribution >= 0.6 is 0 Å². The van der Waals surface area contributed by atoms with E-state index in [2.05, 4.69) is 10.6 Å². The third-order valence-corrected chi connectivity index (χ3v) is 2.39. The van der Waals surface area contributed by atoms with Gasteiger partial charge in [0.05, 0.1) is 12.2 Å². The Morgan fingerprint density at radius 3 is 2.33 bits per heavy atom. The van der Waals surface area contributed by atoms with Gasteiger partial charge in [0.1, 0.15) is 0 Å². The summed E-state index contributed by atoms with van der Waals surface area (Å²) in [6.45, 7) is 3.95. The number of carbonyl (C=O) groups is 1. The molecular formula is C13H20N2O3. The average molecular weight is 252 g/mol. The molecular weight excluding hydrogens is 232 g/mol. The van der Waals surface area contributed by atoms with Crippen molar-refractivity contribution in [2.45, 2.75) is 26.1 Å². The average Bonchev–Trinajstić information content (AvgIpc) is 2.28. The number of amides is 1. The molecule has 0 saturated heterocycles. The van der Waals surface area contributed by atoms with Gasteiger partial charge in [0, 0.05) is 25.7 Å². The van der Waals surface area contributed by atoms with E-state index < -0.39 is 12.2 Å². The highest BCUT2D eigenvalue weighted by Gasteiger charge is 2.07. The van der Waals surface area contributed by atoms with E-state index in [1.54, 1.807) is 31.2 Å². The Morgan fingerprint density at radius 2 is 1.83 bits per heavy atom. The molecule has 0 aliphatic heterocycles. The third kappa shape index (κ3) is 5.27. The number of aliphatic hydroxyl groups excluding tert-OH is 2. The van der Waals surface area contributed by atoms with Crippen LogP contribution in [0.3, 0.4) is 0 Å². The maximum absolute atomic E-state index is 10.8. The van der Waals surface area contributed by atoms with Crippen molar-refractivity contribution in [1.29, 1.82) is 0 Å². The molecule has 18 heavy (non-hydrogen) atoms. The van der Waals surface area contributed by atoms with Crippen molar-refractivity contribution in [2.24, 2.45) is 0 Å². The number of aliphatic hydroxyl groups is 2. The van der Waals surface area contributed by atoms with E-state index in [4.69, 9.17) is 5.11 Å². The summed E-state index contributed by atoms with van der Waals surface area (Å²) < 4.78 is 0. The summed E-state index contributed by atoms with van der Waals surface area (Å²) >= 11 is 0. The van der Waals surface area contributed by atoms with Crippen molar-refractivity contribution in [3.63, 3.8) is 0 Å². The first kappa shape index (κ1) is 14.6. The van der Waals surface area contributed by atoms with Gasteiger partial charge in [-0.1, -0.05) is 12.1 Å². The van der Waals surface area contributed by atoms with Gasteiger partial charge in [-0.15, -0.1) is 0 Å². The molecule has 1 rings (SSSR count). The van der Waals surface area contributed by atoms with Crippen molar-refractivity contribution in [3.8, 4) is 0 Å². The zero-order valence-corrected chi connectivity index (χ0v) is 10.7. The molecule has 1 amide bonds. The van der Waals surface area contributed by atoms with Crippen molar-refractivity contribution < 1.29 is 15.0 Å². The first-order valence-corrected chi connectivity index (χ1v) is 5.93. The Labute approximate surface area is 107 Å². The zero-order chi connectivity index (χ0) is 13.5. The first-order chi connectivity index (χ1) is 8.49. The first-order valence-electron chi connectivity index (χ1n) is 5.93. The summed E-state index contributed by atoms with van der Waals surface area (Å²) in [5, 5.41) is 24.6. The second-order valence-electron chi connectivity index (χ2n) is 4.33. The maximum atomic E-state index is 10.8. The number of carbonyl (C=O) groups excluding carboxylic acids is 1. The van der Waals surface area contributed by atoms with Crippen LogP contribution in [-0.4, -0.2) is 35.3 Å². The second kappa shape index (κ2) is 7.10. The minimum Gasteiger partial charge on any atom is -0.392 e. The van der Waals surface area contributed by atoms with Crippen LogP contribution in [0.5, 0.6) is 0 Å². The van der Waals surface area contributed by atoms with Gasteiger partial charge in [0.15, 0.2) is 0 Å². The monoisotopic (exact) mass is 252 g/mol. The third-order valence-electron chi connectivity index (χ3n) is 2.39. The predicted molar refractivity (Wildman–Crippen MR) is 70.3 cm³/mol. The minimum absolute atomic E-state index is 0.123. The van der Waals surface area contributed by atoms with Crippen molar-refractivity contribution in [1.82, 2.24) is 5.32 Å². The van der Waals surface area contributed by atoms with Crippen molar-refractivity contribution in [2.75, 3.05) is 18.4 Å². The molecule has 2 atom stereocenters. The molecule has 0 heterocycles. The Bertz CT molecular complexity index is 376. The summed E-state index contributed by atoms with van der Waals surface area (Å²) in [6.07, 6.45) is -1.06. The van der Waals surface area contributed by atoms with Gasteiger partial charge >= 0.3 is 0 Å². The van der Waals surface area contributed by atoms with Gasteiger partial charge in [-0.25, -0.2) is 0 Å². The molecule has 0 bridgehead atoms. The maximum Gasteiger partial charge on any atom is 0.221 e. The van der Waals surface area contributed by atoms with Crippen LogP contribution in [-0.2, 0) is 4.79 Å². The molecule has 5 heteroatoms. The molecule has 5 nitrogen and oxygen atoms in total. The number of rotatable bonds is 6. The number of benzene rings is 1. The Balaban J connectivity index is 2.48. The molecule has 0 aliphatic carbocycles. The lowest BCUT2D eigenvalue weighted by Crippen LogP contribution is -2.28. The Hall–Kier alpha value is -1.43. The van der Waals surface area contributed by atoms with Crippen molar-refractivity contribution in [3.05, 3.63) is 29.8 Å². The van der Waals surface area contributed by atoms with E-state index in [1.165, 1.54) is 6.92 Å². The van der Waals surface area contributed by atoms with Crippen LogP contribution in [0.1, 0.15) is 25.5 Å². The zero-order valence-electron chi connectivity index (χ0n) is 10.7. The van der Waals surface area contributed by atoms with Crippen LogP contribution in [0.2, 0.25) is 0 Å². The number of anilines is 1. The highest BCUT2D eigenvalue weighted by molar-refractivity contribution is 5.88. The quantitative estimate of drug-likeness (QED) is 0.599. The van der Waals surface area contributed by atoms with Gasteiger partial charge in [-0.3, -0.25) is 4.79 Å². The van der Waals surface area contributed by atoms with Crippen molar-refractivity contribution >= 4 is 11.6 Å². The standard InChI is InChI=1S/C13H20N2O3/c1-9(16)7-14-8-13(18)11-3-5-12(6-4-11)15-10(2)17/h3-6,9,13-14,16,18H,7-8H2,1-2H3,(H,15,17). The lowest BCUT2D eigenvalue weighted by atomic mass is 10.1. The molecule has 0 radical (unpaired) electrons. The molecule has 0 aromatic heterocycles. The minimum atomic E-state index is -0.630. The Morgan fingerprint density at radius 1 is 1.22 bits per heavy atom. The normalized spacial score (nSPS) is 14.0. The van der Waals surface area contributed by atoms with E-state index >= 15 is 0 Å². The van der Waals surface area contributed by atoms with E-state index in [-0.39, 0.29) is 5.91 Å². The molecule has 1 aromatic rings. The lowest BCUT2D eigenvalue weighted by Gasteiger charge is -2.13. The smallest absolute Gasteiger partial charge is 0.221 e. The van der Waals surface area contributed by atoms with Crippen LogP contribution in [0.4, 0.5) is 5.69 Å². The fourth-order valence-corrected chi connectivity index (χ4v) is 1.54. The summed E-state index contributed by atoms with van der Waals surface area (Å²) in [4.78, 5) is 10.8. The fourth-order valence-electron chi connectivity index (χ4n) is 1.54. The second-order valence-corrected chi connectivity index (χ2v) is 4.33. The van der Waals surface area contributed by atoms with E-state index in [1.807, 2.05) is 0 Å². The Kier molecular flexibility index (Phi) is 5.77. The summed E-state index contributed by atoms with van der Waals surface area (Å²) in [7, 11) is 0. The highest BCUT2D eigenvalue weighted by atomic mass is 16.3. The summed E-state index contributed by atoms with van der Waals surface area (Å²) in [5.41, 5.74) is 1.47. The van der Waals surface area contributed by atoms with Gasteiger partial charge in [0.2, 0.25) is 5.91 Å². The molecule has 0 fully saturated rings. The molecule has 2 unspecified atom stereocenters. The number of hydrogen-bond donors (Lipinski definition) is 4. The summed E-state index contributed by atoms with van der Waals surface area (Å²) in [5.74, 6) is -0.123. The largest absolute Gasteiger partial charge is 0.392 e. The van der Waals surface area contributed by atoms with Crippen LogP contribution in [0.25, 0.3) is 0 Å². The molecule has 0 aliphatic rings. The van der Waals surface area contributed by atoms with Gasteiger partial charge < -0.3 is 20.8 Å². The molecule has 100 valence electrons. The molecule has 0 spiro atoms. The lowest BCUT2D eigenvalue weighted by molar-refractivity contribution is -0.114. The SMILES string of the molecule is CC(=O)Nc1ccc(C(O)CNCC(C)O)cc1. The van der Waals surface area contributed by atoms with Crippen LogP contribution in [0, 0.1) is 0 Å². The number of nitrogens with one attached hydrogen (secondary N) is 2. The van der Waals surface area contributed by atoms with E-state index in [9.17, 15) is 9.90 Å². The van der Waals surface area contributed by atoms with E-state index in [0.717, 1.165) is 5.56 Å². The van der Waals surface area contributed by atoms with Gasteiger partial charge in [0.25, 0.3) is 0 Å². The molecule has 4 N–H and O–H groups in total. The molecule has 1 aromatic carbocycles. The van der Waals surface area contributed by atoms with Gasteiger partial charge in [-0.05, 0) is 24.6 Å². The summed E-state index contributed by atoms with van der Waals surface area (Å²) in [6, 6.07) is 7.02. The fraction of sp³-hybridized carbons (Fsp3) is 0.462. The van der Waals surface area contributed by atoms with Gasteiger partial charge in [-0.2, -0.15) is 0 Å². The number of hydrogen-bond acceptors (Lipinski definition) is 4. The van der Waals surface area contributed by atoms with Crippen LogP contribution in [0.15, 0.2) is 24.3 Å². The predicted octanol–water partition coefficient (Wildman–Crippen LogP) is 0.649. The topological polar surface area (TPSA) is 81.6 Å². The van der Waals surface area contributed by atoms with Crippen LogP contribution < -0.4 is 10.6 Å². The highest BCUT2D eigenvalue weighted by Crippen LogP contribution is 2.15. The molecule has 0 saturated carbocycles.